The monoisotopic (exact) mass is 612 g/mol. The molecular weight excluding hydrogens is 580 g/mol. The number of hydrogen-bond acceptors (Lipinski definition) is 4. The molecule has 206 valence electrons. The number of benzene rings is 3. The zero-order valence-electron chi connectivity index (χ0n) is 22.1. The Balaban J connectivity index is 1.63. The lowest BCUT2D eigenvalue weighted by Gasteiger charge is -2.33. The van der Waals surface area contributed by atoms with E-state index >= 15 is 0 Å². The van der Waals surface area contributed by atoms with Crippen LogP contribution in [0, 0.1) is 0 Å². The molecule has 0 radical (unpaired) electrons. The van der Waals surface area contributed by atoms with Crippen molar-refractivity contribution >= 4 is 39.3 Å². The standard InChI is InChI=1S/C31H34BrClN2O4/c1-38-26-14-8-11-23(17-26)20-35(30(36)21-39-29-16-15-24(32)19-27(29)33)28(18-22-9-4-2-5-10-22)31(37)34-25-12-6-3-7-13-25/h2,4-5,8-11,14-17,19,25,28H,3,6-7,12-13,18,20-21H2,1H3,(H,34,37). The lowest BCUT2D eigenvalue weighted by molar-refractivity contribution is -0.143. The molecule has 1 atom stereocenters. The van der Waals surface area contributed by atoms with Gasteiger partial charge in [-0.1, -0.05) is 89.3 Å². The van der Waals surface area contributed by atoms with Crippen molar-refractivity contribution in [3.05, 3.63) is 93.4 Å². The molecule has 0 saturated heterocycles. The second kappa shape index (κ2) is 14.4. The van der Waals surface area contributed by atoms with E-state index in [1.54, 1.807) is 30.2 Å². The van der Waals surface area contributed by atoms with Crippen LogP contribution in [-0.4, -0.2) is 42.5 Å². The van der Waals surface area contributed by atoms with E-state index in [1.807, 2.05) is 54.6 Å². The van der Waals surface area contributed by atoms with Crippen LogP contribution in [0.2, 0.25) is 5.02 Å². The molecular formula is C31H34BrClN2O4. The first-order valence-electron chi connectivity index (χ1n) is 13.3. The fourth-order valence-electron chi connectivity index (χ4n) is 4.88. The maximum Gasteiger partial charge on any atom is 0.261 e. The van der Waals surface area contributed by atoms with Gasteiger partial charge in [0.1, 0.15) is 17.5 Å². The van der Waals surface area contributed by atoms with E-state index in [-0.39, 0.29) is 31.0 Å². The van der Waals surface area contributed by atoms with E-state index in [1.165, 1.54) is 6.42 Å². The van der Waals surface area contributed by atoms with E-state index in [2.05, 4.69) is 21.2 Å². The lowest BCUT2D eigenvalue weighted by atomic mass is 9.94. The van der Waals surface area contributed by atoms with Crippen molar-refractivity contribution in [2.45, 2.75) is 57.2 Å². The number of rotatable bonds is 11. The van der Waals surface area contributed by atoms with Crippen LogP contribution in [0.5, 0.6) is 11.5 Å². The van der Waals surface area contributed by atoms with Gasteiger partial charge in [0, 0.05) is 23.5 Å². The fourth-order valence-corrected chi connectivity index (χ4v) is 5.61. The lowest BCUT2D eigenvalue weighted by Crippen LogP contribution is -2.53. The molecule has 1 unspecified atom stereocenters. The van der Waals surface area contributed by atoms with Crippen molar-refractivity contribution in [1.82, 2.24) is 10.2 Å². The van der Waals surface area contributed by atoms with E-state index in [4.69, 9.17) is 21.1 Å². The molecule has 0 aliphatic heterocycles. The minimum atomic E-state index is -0.725. The van der Waals surface area contributed by atoms with Gasteiger partial charge in [-0.05, 0) is 54.3 Å². The third-order valence-corrected chi connectivity index (χ3v) is 7.74. The number of carbonyl (C=O) groups excluding carboxylic acids is 2. The van der Waals surface area contributed by atoms with Gasteiger partial charge in [0.15, 0.2) is 6.61 Å². The van der Waals surface area contributed by atoms with Gasteiger partial charge in [-0.25, -0.2) is 0 Å². The summed E-state index contributed by atoms with van der Waals surface area (Å²) in [5.41, 5.74) is 1.83. The molecule has 1 N–H and O–H groups in total. The van der Waals surface area contributed by atoms with Crippen molar-refractivity contribution in [2.75, 3.05) is 13.7 Å². The first-order chi connectivity index (χ1) is 18.9. The smallest absolute Gasteiger partial charge is 0.261 e. The number of amides is 2. The molecule has 8 heteroatoms. The molecule has 3 aromatic carbocycles. The maximum absolute atomic E-state index is 13.8. The number of nitrogens with one attached hydrogen (secondary N) is 1. The Morgan fingerprint density at radius 2 is 1.74 bits per heavy atom. The largest absolute Gasteiger partial charge is 0.497 e. The molecule has 4 rings (SSSR count). The fraction of sp³-hybridized carbons (Fsp3) is 0.355. The number of halogens is 2. The van der Waals surface area contributed by atoms with Crippen molar-refractivity contribution in [2.24, 2.45) is 0 Å². The Labute approximate surface area is 243 Å². The molecule has 1 aliphatic carbocycles. The van der Waals surface area contributed by atoms with Crippen LogP contribution in [0.1, 0.15) is 43.2 Å². The Kier molecular flexibility index (Phi) is 10.7. The molecule has 0 spiro atoms. The highest BCUT2D eigenvalue weighted by Gasteiger charge is 2.32. The number of hydrogen-bond donors (Lipinski definition) is 1. The molecule has 6 nitrogen and oxygen atoms in total. The van der Waals surface area contributed by atoms with E-state index in [0.29, 0.717) is 22.9 Å². The highest BCUT2D eigenvalue weighted by atomic mass is 79.9. The molecule has 0 aromatic heterocycles. The summed E-state index contributed by atoms with van der Waals surface area (Å²) in [6.45, 7) is -0.0314. The molecule has 0 heterocycles. The Hall–Kier alpha value is -3.03. The molecule has 0 bridgehead atoms. The number of methoxy groups -OCH3 is 1. The average molecular weight is 614 g/mol. The molecule has 2 amide bonds. The summed E-state index contributed by atoms with van der Waals surface area (Å²) in [5.74, 6) is 0.630. The average Bonchev–Trinajstić information content (AvgIpc) is 2.95. The third-order valence-electron chi connectivity index (χ3n) is 6.95. The number of carbonyl (C=O) groups is 2. The van der Waals surface area contributed by atoms with Gasteiger partial charge in [-0.2, -0.15) is 0 Å². The van der Waals surface area contributed by atoms with Crippen molar-refractivity contribution < 1.29 is 19.1 Å². The summed E-state index contributed by atoms with van der Waals surface area (Å²) in [5, 5.41) is 3.64. The Bertz CT molecular complexity index is 1250. The molecule has 3 aromatic rings. The van der Waals surface area contributed by atoms with Gasteiger partial charge in [0.2, 0.25) is 5.91 Å². The maximum atomic E-state index is 13.8. The minimum absolute atomic E-state index is 0.121. The highest BCUT2D eigenvalue weighted by molar-refractivity contribution is 9.10. The zero-order chi connectivity index (χ0) is 27.6. The van der Waals surface area contributed by atoms with E-state index < -0.39 is 6.04 Å². The number of ether oxygens (including phenoxy) is 2. The quantitative estimate of drug-likeness (QED) is 0.265. The van der Waals surface area contributed by atoms with Crippen molar-refractivity contribution in [3.63, 3.8) is 0 Å². The first kappa shape index (κ1) is 29.0. The summed E-state index contributed by atoms with van der Waals surface area (Å²) in [7, 11) is 1.60. The van der Waals surface area contributed by atoms with Gasteiger partial charge in [0.25, 0.3) is 5.91 Å². The summed E-state index contributed by atoms with van der Waals surface area (Å²) in [6, 6.07) is 21.9. The molecule has 1 fully saturated rings. The van der Waals surface area contributed by atoms with Crippen molar-refractivity contribution in [3.8, 4) is 11.5 Å². The van der Waals surface area contributed by atoms with Gasteiger partial charge < -0.3 is 19.7 Å². The zero-order valence-corrected chi connectivity index (χ0v) is 24.4. The second-order valence-electron chi connectivity index (χ2n) is 9.79. The van der Waals surface area contributed by atoms with E-state index in [0.717, 1.165) is 41.3 Å². The molecule has 1 aliphatic rings. The summed E-state index contributed by atoms with van der Waals surface area (Å²) in [6.07, 6.45) is 5.69. The molecule has 39 heavy (non-hydrogen) atoms. The predicted molar refractivity (Wildman–Crippen MR) is 157 cm³/mol. The third kappa shape index (κ3) is 8.48. The Morgan fingerprint density at radius 3 is 2.46 bits per heavy atom. The van der Waals surface area contributed by atoms with Crippen molar-refractivity contribution in [1.29, 1.82) is 0 Å². The number of nitrogens with zero attached hydrogens (tertiary/aromatic N) is 1. The summed E-state index contributed by atoms with van der Waals surface area (Å²) in [4.78, 5) is 29.3. The van der Waals surface area contributed by atoms with Crippen LogP contribution in [0.25, 0.3) is 0 Å². The predicted octanol–water partition coefficient (Wildman–Crippen LogP) is 6.58. The summed E-state index contributed by atoms with van der Waals surface area (Å²) < 4.78 is 12.1. The second-order valence-corrected chi connectivity index (χ2v) is 11.1. The molecule has 1 saturated carbocycles. The Morgan fingerprint density at radius 1 is 1.00 bits per heavy atom. The van der Waals surface area contributed by atoms with Crippen LogP contribution < -0.4 is 14.8 Å². The van der Waals surface area contributed by atoms with Gasteiger partial charge in [0.05, 0.1) is 12.1 Å². The van der Waals surface area contributed by atoms with Crippen LogP contribution >= 0.6 is 27.5 Å². The van der Waals surface area contributed by atoms with Crippen LogP contribution in [-0.2, 0) is 22.6 Å². The highest BCUT2D eigenvalue weighted by Crippen LogP contribution is 2.28. The van der Waals surface area contributed by atoms with Gasteiger partial charge in [-0.3, -0.25) is 9.59 Å². The SMILES string of the molecule is COc1cccc(CN(C(=O)COc2ccc(Br)cc2Cl)C(Cc2ccccc2)C(=O)NC2CCCCC2)c1. The van der Waals surface area contributed by atoms with Crippen LogP contribution in [0.3, 0.4) is 0 Å². The van der Waals surface area contributed by atoms with Gasteiger partial charge in [-0.15, -0.1) is 0 Å². The van der Waals surface area contributed by atoms with Crippen LogP contribution in [0.15, 0.2) is 77.3 Å². The topological polar surface area (TPSA) is 67.9 Å². The summed E-state index contributed by atoms with van der Waals surface area (Å²) >= 11 is 9.71. The normalized spacial score (nSPS) is 14.3. The van der Waals surface area contributed by atoms with Gasteiger partial charge >= 0.3 is 0 Å². The van der Waals surface area contributed by atoms with E-state index in [9.17, 15) is 9.59 Å². The van der Waals surface area contributed by atoms with Crippen LogP contribution in [0.4, 0.5) is 0 Å². The first-order valence-corrected chi connectivity index (χ1v) is 14.4. The minimum Gasteiger partial charge on any atom is -0.497 e.